The van der Waals surface area contributed by atoms with E-state index in [9.17, 15) is 4.79 Å². The minimum Gasteiger partial charge on any atom is -0.343 e. The quantitative estimate of drug-likeness (QED) is 0.454. The van der Waals surface area contributed by atoms with Crippen LogP contribution in [0.5, 0.6) is 0 Å². The molecule has 0 aliphatic heterocycles. The van der Waals surface area contributed by atoms with E-state index in [-0.39, 0.29) is 12.5 Å². The Balaban J connectivity index is 1.39. The van der Waals surface area contributed by atoms with Crippen LogP contribution in [0.4, 0.5) is 0 Å². The van der Waals surface area contributed by atoms with Gasteiger partial charge in [0.25, 0.3) is 5.91 Å². The van der Waals surface area contributed by atoms with Crippen molar-refractivity contribution in [3.8, 4) is 11.4 Å². The van der Waals surface area contributed by atoms with Gasteiger partial charge in [-0.3, -0.25) is 4.79 Å². The van der Waals surface area contributed by atoms with Crippen LogP contribution in [-0.2, 0) is 19.4 Å². The molecule has 1 amide bonds. The van der Waals surface area contributed by atoms with Gasteiger partial charge in [-0.25, -0.2) is 0 Å². The smallest absolute Gasteiger partial charge is 0.251 e. The molecule has 0 spiro atoms. The number of hydrogen-bond acceptors (Lipinski definition) is 4. The van der Waals surface area contributed by atoms with Crippen molar-refractivity contribution in [3.05, 3.63) is 106 Å². The number of halogens is 1. The zero-order chi connectivity index (χ0) is 20.8. The van der Waals surface area contributed by atoms with E-state index in [1.165, 1.54) is 5.56 Å². The first-order valence-corrected chi connectivity index (χ1v) is 10.1. The molecule has 4 aromatic rings. The highest BCUT2D eigenvalue weighted by atomic mass is 35.5. The van der Waals surface area contributed by atoms with Gasteiger partial charge in [-0.15, -0.1) is 0 Å². The Bertz CT molecular complexity index is 1120. The zero-order valence-corrected chi connectivity index (χ0v) is 17.0. The van der Waals surface area contributed by atoms with Crippen molar-refractivity contribution in [3.63, 3.8) is 0 Å². The van der Waals surface area contributed by atoms with Crippen LogP contribution in [0, 0.1) is 0 Å². The first-order valence-electron chi connectivity index (χ1n) is 9.67. The fourth-order valence-electron chi connectivity index (χ4n) is 3.18. The molecule has 1 N–H and O–H groups in total. The molecule has 0 fully saturated rings. The lowest BCUT2D eigenvalue weighted by Crippen LogP contribution is -2.24. The van der Waals surface area contributed by atoms with Gasteiger partial charge in [0.1, 0.15) is 0 Å². The normalized spacial score (nSPS) is 10.7. The number of benzene rings is 3. The molecular formula is C24H20ClN3O2. The number of rotatable bonds is 7. The molecule has 0 saturated carbocycles. The van der Waals surface area contributed by atoms with E-state index >= 15 is 0 Å². The van der Waals surface area contributed by atoms with E-state index in [0.717, 1.165) is 24.0 Å². The van der Waals surface area contributed by atoms with Gasteiger partial charge in [0, 0.05) is 16.1 Å². The highest BCUT2D eigenvalue weighted by molar-refractivity contribution is 6.30. The number of aromatic nitrogens is 2. The molecule has 0 bridgehead atoms. The minimum absolute atomic E-state index is 0.159. The van der Waals surface area contributed by atoms with Gasteiger partial charge >= 0.3 is 0 Å². The molecule has 0 radical (unpaired) electrons. The van der Waals surface area contributed by atoms with Crippen LogP contribution in [0.3, 0.4) is 0 Å². The van der Waals surface area contributed by atoms with Gasteiger partial charge < -0.3 is 9.84 Å². The molecule has 1 heterocycles. The number of hydrogen-bond donors (Lipinski definition) is 1. The van der Waals surface area contributed by atoms with Crippen LogP contribution in [0.2, 0.25) is 5.02 Å². The molecule has 0 aliphatic carbocycles. The second-order valence-electron chi connectivity index (χ2n) is 6.84. The molecule has 150 valence electrons. The minimum atomic E-state index is -0.162. The summed E-state index contributed by atoms with van der Waals surface area (Å²) in [6, 6.07) is 25.0. The summed E-state index contributed by atoms with van der Waals surface area (Å²) < 4.78 is 5.26. The number of nitrogens with one attached hydrogen (secondary N) is 1. The summed E-state index contributed by atoms with van der Waals surface area (Å²) in [4.78, 5) is 17.1. The van der Waals surface area contributed by atoms with Crippen LogP contribution in [0.1, 0.15) is 27.4 Å². The predicted molar refractivity (Wildman–Crippen MR) is 116 cm³/mol. The lowest BCUT2D eigenvalue weighted by atomic mass is 9.99. The van der Waals surface area contributed by atoms with Gasteiger partial charge in [-0.2, -0.15) is 4.98 Å². The summed E-state index contributed by atoms with van der Waals surface area (Å²) >= 11 is 5.91. The standard InChI is InChI=1S/C24H20ClN3O2/c25-20-14-12-19(13-15-20)23-27-22(30-28-23)16-26-24(29)21-9-5-4-8-18(21)11-10-17-6-2-1-3-7-17/h1-9,12-15H,10-11,16H2,(H,26,29). The SMILES string of the molecule is O=C(NCc1nc(-c2ccc(Cl)cc2)no1)c1ccccc1CCc1ccccc1. The monoisotopic (exact) mass is 417 g/mol. The number of amides is 1. The summed E-state index contributed by atoms with van der Waals surface area (Å²) in [6.45, 7) is 0.159. The summed E-state index contributed by atoms with van der Waals surface area (Å²) in [7, 11) is 0. The fraction of sp³-hybridized carbons (Fsp3) is 0.125. The first-order chi connectivity index (χ1) is 14.7. The Hall–Kier alpha value is -3.44. The first kappa shape index (κ1) is 19.9. The van der Waals surface area contributed by atoms with E-state index in [1.54, 1.807) is 12.1 Å². The van der Waals surface area contributed by atoms with Crippen molar-refractivity contribution < 1.29 is 9.32 Å². The number of aryl methyl sites for hydroxylation is 2. The Kier molecular flexibility index (Phi) is 6.20. The van der Waals surface area contributed by atoms with E-state index in [0.29, 0.717) is 22.3 Å². The molecule has 4 rings (SSSR count). The average molecular weight is 418 g/mol. The Morgan fingerprint density at radius 2 is 1.63 bits per heavy atom. The molecule has 3 aromatic carbocycles. The van der Waals surface area contributed by atoms with E-state index in [2.05, 4.69) is 27.6 Å². The molecule has 1 aromatic heterocycles. The maximum Gasteiger partial charge on any atom is 0.251 e. The maximum absolute atomic E-state index is 12.7. The third kappa shape index (κ3) is 4.93. The molecule has 30 heavy (non-hydrogen) atoms. The fourth-order valence-corrected chi connectivity index (χ4v) is 3.30. The Morgan fingerprint density at radius 3 is 2.43 bits per heavy atom. The van der Waals surface area contributed by atoms with Crippen molar-refractivity contribution in [1.29, 1.82) is 0 Å². The van der Waals surface area contributed by atoms with Gasteiger partial charge in [-0.05, 0) is 54.3 Å². The van der Waals surface area contributed by atoms with Crippen LogP contribution in [-0.4, -0.2) is 16.0 Å². The number of carbonyl (C=O) groups is 1. The molecule has 0 saturated heterocycles. The summed E-state index contributed by atoms with van der Waals surface area (Å²) in [6.07, 6.45) is 1.66. The zero-order valence-electron chi connectivity index (χ0n) is 16.2. The Labute approximate surface area is 179 Å². The van der Waals surface area contributed by atoms with Crippen molar-refractivity contribution in [2.45, 2.75) is 19.4 Å². The summed E-state index contributed by atoms with van der Waals surface area (Å²) in [5.74, 6) is 0.638. The molecule has 5 nitrogen and oxygen atoms in total. The maximum atomic E-state index is 12.7. The van der Waals surface area contributed by atoms with E-state index < -0.39 is 0 Å². The highest BCUT2D eigenvalue weighted by Crippen LogP contribution is 2.19. The number of carbonyl (C=O) groups excluding carboxylic acids is 1. The molecular weight excluding hydrogens is 398 g/mol. The highest BCUT2D eigenvalue weighted by Gasteiger charge is 2.13. The second-order valence-corrected chi connectivity index (χ2v) is 7.28. The molecule has 6 heteroatoms. The number of nitrogens with zero attached hydrogens (tertiary/aromatic N) is 2. The molecule has 0 atom stereocenters. The topological polar surface area (TPSA) is 68.0 Å². The van der Waals surface area contributed by atoms with Gasteiger partial charge in [-0.1, -0.05) is 65.3 Å². The summed E-state index contributed by atoms with van der Waals surface area (Å²) in [5.41, 5.74) is 3.71. The Morgan fingerprint density at radius 1 is 0.900 bits per heavy atom. The van der Waals surface area contributed by atoms with Gasteiger partial charge in [0.2, 0.25) is 11.7 Å². The van der Waals surface area contributed by atoms with Crippen molar-refractivity contribution in [2.75, 3.05) is 0 Å². The van der Waals surface area contributed by atoms with Gasteiger partial charge in [0.15, 0.2) is 0 Å². The van der Waals surface area contributed by atoms with E-state index in [4.69, 9.17) is 16.1 Å². The molecule has 0 unspecified atom stereocenters. The molecule has 0 aliphatic rings. The second kappa shape index (κ2) is 9.37. The van der Waals surface area contributed by atoms with Crippen molar-refractivity contribution in [2.24, 2.45) is 0 Å². The average Bonchev–Trinajstić information content (AvgIpc) is 3.26. The third-order valence-corrected chi connectivity index (χ3v) is 5.01. The van der Waals surface area contributed by atoms with E-state index in [1.807, 2.05) is 54.6 Å². The van der Waals surface area contributed by atoms with Crippen LogP contribution in [0.25, 0.3) is 11.4 Å². The van der Waals surface area contributed by atoms with Crippen LogP contribution >= 0.6 is 11.6 Å². The summed E-state index contributed by atoms with van der Waals surface area (Å²) in [5, 5.41) is 7.48. The lowest BCUT2D eigenvalue weighted by Gasteiger charge is -2.09. The van der Waals surface area contributed by atoms with Crippen LogP contribution in [0.15, 0.2) is 83.4 Å². The third-order valence-electron chi connectivity index (χ3n) is 4.76. The van der Waals surface area contributed by atoms with Gasteiger partial charge in [0.05, 0.1) is 6.54 Å². The lowest BCUT2D eigenvalue weighted by molar-refractivity contribution is 0.0945. The van der Waals surface area contributed by atoms with Crippen molar-refractivity contribution in [1.82, 2.24) is 15.5 Å². The predicted octanol–water partition coefficient (Wildman–Crippen LogP) is 5.11. The largest absolute Gasteiger partial charge is 0.343 e. The van der Waals surface area contributed by atoms with Crippen molar-refractivity contribution >= 4 is 17.5 Å². The van der Waals surface area contributed by atoms with Crippen LogP contribution < -0.4 is 5.32 Å².